The molecule has 0 saturated heterocycles. The lowest BCUT2D eigenvalue weighted by Gasteiger charge is -2.22. The van der Waals surface area contributed by atoms with Gasteiger partial charge in [-0.05, 0) is 61.7 Å². The number of phenols is 2. The minimum Gasteiger partial charge on any atom is -0.507 e. The molecule has 0 heterocycles. The molecule has 1 atom stereocenters. The molecule has 0 amide bonds. The van der Waals surface area contributed by atoms with Crippen LogP contribution in [-0.2, 0) is 6.42 Å². The highest BCUT2D eigenvalue weighted by molar-refractivity contribution is 14.1. The standard InChI is InChI=1S/C18H26O2.C2H6.CH3I/c1-3-4-5-8-14-11-16(19)18(17(20)12-14)15-9-6-7-13(2)10-15;2*1-2/h10-12,15,19-20H,3-9H2,1-2H3;1-2H3;1H3. The lowest BCUT2D eigenvalue weighted by molar-refractivity contribution is 0.427. The SMILES string of the molecule is CC.CCCCCc1cc(O)c(C2C=C(C)CCC2)c(O)c1.CI. The molecule has 2 nitrogen and oxygen atoms in total. The molecule has 1 aromatic rings. The van der Waals surface area contributed by atoms with Crippen molar-refractivity contribution in [3.05, 3.63) is 34.9 Å². The second-order valence-corrected chi connectivity index (χ2v) is 6.02. The van der Waals surface area contributed by atoms with E-state index < -0.39 is 0 Å². The predicted octanol–water partition coefficient (Wildman–Crippen LogP) is 7.12. The smallest absolute Gasteiger partial charge is 0.123 e. The summed E-state index contributed by atoms with van der Waals surface area (Å²) in [5.74, 6) is 0.674. The van der Waals surface area contributed by atoms with Crippen molar-refractivity contribution >= 4 is 22.6 Å². The summed E-state index contributed by atoms with van der Waals surface area (Å²) in [6, 6.07) is 3.67. The van der Waals surface area contributed by atoms with Gasteiger partial charge in [-0.15, -0.1) is 0 Å². The number of halogens is 1. The van der Waals surface area contributed by atoms with Crippen molar-refractivity contribution in [1.82, 2.24) is 0 Å². The first-order valence-electron chi connectivity index (χ1n) is 9.21. The Morgan fingerprint density at radius 3 is 2.17 bits per heavy atom. The van der Waals surface area contributed by atoms with Crippen molar-refractivity contribution in [3.63, 3.8) is 0 Å². The normalized spacial score (nSPS) is 16.2. The van der Waals surface area contributed by atoms with Crippen LogP contribution in [0.3, 0.4) is 0 Å². The second-order valence-electron chi connectivity index (χ2n) is 6.02. The number of phenolic OH excluding ortho intramolecular Hbond substituents is 2. The van der Waals surface area contributed by atoms with E-state index in [-0.39, 0.29) is 17.4 Å². The van der Waals surface area contributed by atoms with Gasteiger partial charge in [0.2, 0.25) is 0 Å². The summed E-state index contributed by atoms with van der Waals surface area (Å²) in [7, 11) is 0. The second kappa shape index (κ2) is 13.6. The summed E-state index contributed by atoms with van der Waals surface area (Å²) < 4.78 is 0. The van der Waals surface area contributed by atoms with Gasteiger partial charge in [0.05, 0.1) is 0 Å². The molecule has 24 heavy (non-hydrogen) atoms. The van der Waals surface area contributed by atoms with Gasteiger partial charge < -0.3 is 10.2 Å². The lowest BCUT2D eigenvalue weighted by Crippen LogP contribution is -2.03. The van der Waals surface area contributed by atoms with Crippen LogP contribution in [0, 0.1) is 0 Å². The molecule has 0 spiro atoms. The average Bonchev–Trinajstić information content (AvgIpc) is 2.58. The summed E-state index contributed by atoms with van der Waals surface area (Å²) in [6.07, 6.45) is 9.86. The van der Waals surface area contributed by atoms with E-state index >= 15 is 0 Å². The molecule has 1 unspecified atom stereocenters. The zero-order valence-corrected chi connectivity index (χ0v) is 18.2. The van der Waals surface area contributed by atoms with Gasteiger partial charge in [0.1, 0.15) is 11.5 Å². The Bertz CT molecular complexity index is 472. The van der Waals surface area contributed by atoms with Gasteiger partial charge in [0.15, 0.2) is 0 Å². The van der Waals surface area contributed by atoms with E-state index in [0.29, 0.717) is 5.56 Å². The third-order valence-electron chi connectivity index (χ3n) is 4.21. The van der Waals surface area contributed by atoms with Crippen molar-refractivity contribution in [2.75, 3.05) is 4.93 Å². The van der Waals surface area contributed by atoms with Crippen molar-refractivity contribution in [2.45, 2.75) is 78.6 Å². The molecule has 2 N–H and O–H groups in total. The molecule has 2 rings (SSSR count). The summed E-state index contributed by atoms with van der Waals surface area (Å²) in [4.78, 5) is 1.97. The number of rotatable bonds is 5. The summed E-state index contributed by atoms with van der Waals surface area (Å²) in [6.45, 7) is 8.30. The number of hydrogen-bond acceptors (Lipinski definition) is 2. The number of hydrogen-bond donors (Lipinski definition) is 2. The highest BCUT2D eigenvalue weighted by Crippen LogP contribution is 2.41. The first-order chi connectivity index (χ1) is 11.6. The first kappa shape index (κ1) is 23.3. The summed E-state index contributed by atoms with van der Waals surface area (Å²) in [5.41, 5.74) is 3.10. The van der Waals surface area contributed by atoms with Crippen molar-refractivity contribution in [2.24, 2.45) is 0 Å². The third kappa shape index (κ3) is 7.45. The molecule has 0 fully saturated rings. The molecule has 0 aliphatic heterocycles. The number of aromatic hydroxyl groups is 2. The maximum atomic E-state index is 10.3. The fraction of sp³-hybridized carbons (Fsp3) is 0.619. The maximum Gasteiger partial charge on any atom is 0.123 e. The first-order valence-corrected chi connectivity index (χ1v) is 11.4. The van der Waals surface area contributed by atoms with Crippen LogP contribution < -0.4 is 0 Å². The van der Waals surface area contributed by atoms with Gasteiger partial charge in [-0.1, -0.05) is 67.9 Å². The molecule has 138 valence electrons. The predicted molar refractivity (Wildman–Crippen MR) is 115 cm³/mol. The van der Waals surface area contributed by atoms with Crippen LogP contribution in [-0.4, -0.2) is 15.1 Å². The molecule has 1 aliphatic rings. The van der Waals surface area contributed by atoms with Crippen LogP contribution in [0.2, 0.25) is 0 Å². The lowest BCUT2D eigenvalue weighted by atomic mass is 9.84. The van der Waals surface area contributed by atoms with E-state index in [1.54, 1.807) is 0 Å². The van der Waals surface area contributed by atoms with Gasteiger partial charge in [0, 0.05) is 11.5 Å². The van der Waals surface area contributed by atoms with E-state index in [0.717, 1.165) is 37.7 Å². The Balaban J connectivity index is 0.00000123. The molecule has 0 radical (unpaired) electrons. The van der Waals surface area contributed by atoms with E-state index in [2.05, 4.69) is 42.5 Å². The monoisotopic (exact) mass is 446 g/mol. The number of alkyl halides is 1. The minimum atomic E-state index is 0.161. The van der Waals surface area contributed by atoms with Crippen LogP contribution in [0.15, 0.2) is 23.8 Å². The van der Waals surface area contributed by atoms with Gasteiger partial charge in [-0.2, -0.15) is 0 Å². The Hall–Kier alpha value is -0.710. The van der Waals surface area contributed by atoms with Crippen LogP contribution in [0.1, 0.15) is 83.3 Å². The quantitative estimate of drug-likeness (QED) is 0.219. The van der Waals surface area contributed by atoms with Crippen molar-refractivity contribution in [1.29, 1.82) is 0 Å². The fourth-order valence-corrected chi connectivity index (χ4v) is 3.12. The number of aryl methyl sites for hydroxylation is 1. The van der Waals surface area contributed by atoms with Crippen molar-refractivity contribution in [3.8, 4) is 11.5 Å². The number of benzene rings is 1. The molecule has 1 aliphatic carbocycles. The van der Waals surface area contributed by atoms with Gasteiger partial charge in [-0.25, -0.2) is 0 Å². The average molecular weight is 446 g/mol. The Morgan fingerprint density at radius 2 is 1.67 bits per heavy atom. The van der Waals surface area contributed by atoms with Crippen LogP contribution in [0.5, 0.6) is 11.5 Å². The minimum absolute atomic E-state index is 0.161. The van der Waals surface area contributed by atoms with Crippen LogP contribution in [0.25, 0.3) is 0 Å². The van der Waals surface area contributed by atoms with E-state index in [4.69, 9.17) is 0 Å². The van der Waals surface area contributed by atoms with E-state index in [1.165, 1.54) is 18.4 Å². The highest BCUT2D eigenvalue weighted by atomic mass is 127. The highest BCUT2D eigenvalue weighted by Gasteiger charge is 2.21. The Labute approximate surface area is 162 Å². The summed E-state index contributed by atoms with van der Waals surface area (Å²) in [5, 5.41) is 20.6. The van der Waals surface area contributed by atoms with Gasteiger partial charge in [-0.3, -0.25) is 0 Å². The fourth-order valence-electron chi connectivity index (χ4n) is 3.12. The van der Waals surface area contributed by atoms with Crippen LogP contribution in [0.4, 0.5) is 0 Å². The molecule has 0 saturated carbocycles. The molecule has 3 heteroatoms. The van der Waals surface area contributed by atoms with Crippen LogP contribution >= 0.6 is 22.6 Å². The molecule has 1 aromatic carbocycles. The largest absolute Gasteiger partial charge is 0.507 e. The Kier molecular flexibility index (Phi) is 13.2. The summed E-state index contributed by atoms with van der Waals surface area (Å²) >= 11 is 2.15. The van der Waals surface area contributed by atoms with E-state index in [1.807, 2.05) is 30.9 Å². The van der Waals surface area contributed by atoms with E-state index in [9.17, 15) is 10.2 Å². The molecular weight excluding hydrogens is 411 g/mol. The zero-order valence-electron chi connectivity index (χ0n) is 16.0. The van der Waals surface area contributed by atoms with Gasteiger partial charge >= 0.3 is 0 Å². The molecular formula is C21H35IO2. The number of allylic oxidation sites excluding steroid dienone is 2. The zero-order chi connectivity index (χ0) is 18.5. The van der Waals surface area contributed by atoms with Gasteiger partial charge in [0.25, 0.3) is 0 Å². The molecule has 0 bridgehead atoms. The Morgan fingerprint density at radius 1 is 1.08 bits per heavy atom. The third-order valence-corrected chi connectivity index (χ3v) is 4.21. The molecule has 0 aromatic heterocycles. The van der Waals surface area contributed by atoms with Crippen molar-refractivity contribution < 1.29 is 10.2 Å². The maximum absolute atomic E-state index is 10.3. The number of unbranched alkanes of at least 4 members (excludes halogenated alkanes) is 2. The topological polar surface area (TPSA) is 40.5 Å².